The number of hydrogen-bond acceptors (Lipinski definition) is 5. The SMILES string of the molecule is Cc1nn(COCC[Si](C)(C)C)c(C)c1-c1ccc(NC(=O)C(N)=C(C2CC2)C2CC2)nc1F. The second kappa shape index (κ2) is 9.62. The molecule has 2 saturated carbocycles. The van der Waals surface area contributed by atoms with Crippen LogP contribution in [0.3, 0.4) is 0 Å². The van der Waals surface area contributed by atoms with E-state index in [0.29, 0.717) is 42.0 Å². The molecule has 3 N–H and O–H groups in total. The third-order valence-electron chi connectivity index (χ3n) is 6.54. The average molecular weight is 486 g/mol. The number of halogens is 1. The standard InChI is InChI=1S/C25H36FN5O2Si/c1-15-21(16(2)31(30-15)14-33-12-13-34(3,4)5)19-10-11-20(28-24(19)26)29-25(32)23(27)22(17-6-7-17)18-8-9-18/h10-11,17-18H,6-9,12-14,27H2,1-5H3,(H,28,29,32). The Hall–Kier alpha value is -2.52. The molecule has 7 nitrogen and oxygen atoms in total. The van der Waals surface area contributed by atoms with Gasteiger partial charge in [-0.1, -0.05) is 19.6 Å². The van der Waals surface area contributed by atoms with E-state index >= 15 is 4.39 Å². The number of carbonyl (C=O) groups excluding carboxylic acids is 1. The van der Waals surface area contributed by atoms with Crippen molar-refractivity contribution in [1.82, 2.24) is 14.8 Å². The first-order valence-corrected chi connectivity index (χ1v) is 15.9. The van der Waals surface area contributed by atoms with Crippen molar-refractivity contribution in [3.05, 3.63) is 40.7 Å². The number of nitrogens with two attached hydrogens (primary N) is 1. The molecule has 0 aliphatic heterocycles. The van der Waals surface area contributed by atoms with Crippen LogP contribution < -0.4 is 11.1 Å². The number of nitrogens with zero attached hydrogens (tertiary/aromatic N) is 3. The van der Waals surface area contributed by atoms with Gasteiger partial charge in [0.2, 0.25) is 5.95 Å². The fourth-order valence-corrected chi connectivity index (χ4v) is 5.07. The summed E-state index contributed by atoms with van der Waals surface area (Å²) < 4.78 is 22.6. The van der Waals surface area contributed by atoms with E-state index in [-0.39, 0.29) is 11.5 Å². The lowest BCUT2D eigenvalue weighted by Gasteiger charge is -2.15. The van der Waals surface area contributed by atoms with Crippen LogP contribution in [0.2, 0.25) is 25.7 Å². The molecule has 0 unspecified atom stereocenters. The van der Waals surface area contributed by atoms with Crippen LogP contribution in [0.4, 0.5) is 10.2 Å². The fourth-order valence-electron chi connectivity index (χ4n) is 4.31. The lowest BCUT2D eigenvalue weighted by atomic mass is 10.0. The molecular formula is C25H36FN5O2Si. The van der Waals surface area contributed by atoms with Crippen LogP contribution in [0.5, 0.6) is 0 Å². The lowest BCUT2D eigenvalue weighted by Crippen LogP contribution is -2.24. The molecule has 2 fully saturated rings. The number of nitrogens with one attached hydrogen (secondary N) is 1. The monoisotopic (exact) mass is 485 g/mol. The predicted molar refractivity (Wildman–Crippen MR) is 134 cm³/mol. The Kier molecular flexibility index (Phi) is 6.96. The van der Waals surface area contributed by atoms with Crippen molar-refractivity contribution >= 4 is 19.8 Å². The van der Waals surface area contributed by atoms with Gasteiger partial charge in [-0.05, 0) is 75.1 Å². The molecule has 0 radical (unpaired) electrons. The number of aryl methyl sites for hydroxylation is 1. The van der Waals surface area contributed by atoms with Crippen LogP contribution in [0.1, 0.15) is 37.1 Å². The van der Waals surface area contributed by atoms with Crippen LogP contribution in [-0.4, -0.2) is 35.4 Å². The number of anilines is 1. The minimum atomic E-state index is -1.16. The largest absolute Gasteiger partial charge is 0.394 e. The lowest BCUT2D eigenvalue weighted by molar-refractivity contribution is -0.113. The van der Waals surface area contributed by atoms with Gasteiger partial charge in [-0.15, -0.1) is 0 Å². The summed E-state index contributed by atoms with van der Waals surface area (Å²) in [6.45, 7) is 11.7. The Bertz CT molecular complexity index is 1100. The minimum absolute atomic E-state index is 0.150. The van der Waals surface area contributed by atoms with Crippen molar-refractivity contribution in [2.75, 3.05) is 11.9 Å². The Balaban J connectivity index is 1.46. The Morgan fingerprint density at radius 3 is 2.41 bits per heavy atom. The first kappa shape index (κ1) is 24.6. The van der Waals surface area contributed by atoms with E-state index in [4.69, 9.17) is 10.5 Å². The maximum atomic E-state index is 15.1. The molecule has 2 aromatic heterocycles. The number of hydrogen-bond donors (Lipinski definition) is 2. The maximum Gasteiger partial charge on any atom is 0.272 e. The molecule has 2 aliphatic rings. The van der Waals surface area contributed by atoms with Gasteiger partial charge in [0.05, 0.1) is 11.4 Å². The minimum Gasteiger partial charge on any atom is -0.394 e. The highest BCUT2D eigenvalue weighted by molar-refractivity contribution is 6.76. The van der Waals surface area contributed by atoms with Crippen LogP contribution in [-0.2, 0) is 16.3 Å². The topological polar surface area (TPSA) is 95.1 Å². The molecule has 2 aromatic rings. The highest BCUT2D eigenvalue weighted by atomic mass is 28.3. The highest BCUT2D eigenvalue weighted by Crippen LogP contribution is 2.49. The highest BCUT2D eigenvalue weighted by Gasteiger charge is 2.39. The first-order valence-electron chi connectivity index (χ1n) is 12.1. The van der Waals surface area contributed by atoms with E-state index in [1.807, 2.05) is 13.8 Å². The molecule has 0 saturated heterocycles. The van der Waals surface area contributed by atoms with Crippen LogP contribution >= 0.6 is 0 Å². The zero-order valence-electron chi connectivity index (χ0n) is 20.9. The summed E-state index contributed by atoms with van der Waals surface area (Å²) in [5.41, 5.74) is 10.1. The quantitative estimate of drug-likeness (QED) is 0.214. The first-order chi connectivity index (χ1) is 16.0. The van der Waals surface area contributed by atoms with Gasteiger partial charge in [0.15, 0.2) is 0 Å². The van der Waals surface area contributed by atoms with Gasteiger partial charge in [-0.25, -0.2) is 9.67 Å². The normalized spacial score (nSPS) is 15.9. The molecule has 0 atom stereocenters. The Labute approximate surface area is 202 Å². The number of allylic oxidation sites excluding steroid dienone is 1. The van der Waals surface area contributed by atoms with E-state index in [1.54, 1.807) is 16.8 Å². The zero-order chi connectivity index (χ0) is 24.6. The molecule has 0 aromatic carbocycles. The van der Waals surface area contributed by atoms with E-state index in [1.165, 1.54) is 0 Å². The summed E-state index contributed by atoms with van der Waals surface area (Å²) in [7, 11) is -1.16. The molecule has 0 spiro atoms. The van der Waals surface area contributed by atoms with E-state index < -0.39 is 19.9 Å². The van der Waals surface area contributed by atoms with Gasteiger partial charge >= 0.3 is 0 Å². The summed E-state index contributed by atoms with van der Waals surface area (Å²) in [6.07, 6.45) is 4.38. The van der Waals surface area contributed by atoms with E-state index in [0.717, 1.165) is 43.0 Å². The van der Waals surface area contributed by atoms with Crippen molar-refractivity contribution in [2.24, 2.45) is 17.6 Å². The molecular weight excluding hydrogens is 449 g/mol. The smallest absolute Gasteiger partial charge is 0.272 e. The molecule has 4 rings (SSSR count). The van der Waals surface area contributed by atoms with Crippen molar-refractivity contribution in [3.63, 3.8) is 0 Å². The van der Waals surface area contributed by atoms with Crippen LogP contribution in [0.15, 0.2) is 23.4 Å². The second-order valence-corrected chi connectivity index (χ2v) is 16.4. The summed E-state index contributed by atoms with van der Waals surface area (Å²) in [6, 6.07) is 4.32. The Morgan fingerprint density at radius 2 is 1.85 bits per heavy atom. The zero-order valence-corrected chi connectivity index (χ0v) is 21.9. The van der Waals surface area contributed by atoms with Gasteiger partial charge in [-0.3, -0.25) is 4.79 Å². The molecule has 184 valence electrons. The molecule has 0 bridgehead atoms. The maximum absolute atomic E-state index is 15.1. The molecule has 9 heteroatoms. The molecule has 2 heterocycles. The average Bonchev–Trinajstić information content (AvgIpc) is 3.67. The number of rotatable bonds is 10. The molecule has 34 heavy (non-hydrogen) atoms. The van der Waals surface area contributed by atoms with Crippen molar-refractivity contribution in [3.8, 4) is 11.1 Å². The third-order valence-corrected chi connectivity index (χ3v) is 8.25. The number of ether oxygens (including phenoxy) is 1. The van der Waals surface area contributed by atoms with Gasteiger partial charge in [0, 0.05) is 31.5 Å². The summed E-state index contributed by atoms with van der Waals surface area (Å²) in [5, 5.41) is 7.21. The third kappa shape index (κ3) is 5.75. The van der Waals surface area contributed by atoms with E-state index in [9.17, 15) is 4.79 Å². The number of carbonyl (C=O) groups is 1. The molecule has 2 aliphatic carbocycles. The van der Waals surface area contributed by atoms with Crippen molar-refractivity contribution < 1.29 is 13.9 Å². The second-order valence-electron chi connectivity index (χ2n) is 10.8. The van der Waals surface area contributed by atoms with Crippen LogP contribution in [0, 0.1) is 31.6 Å². The number of aromatic nitrogens is 3. The summed E-state index contributed by atoms with van der Waals surface area (Å²) in [5.74, 6) is -0.0309. The van der Waals surface area contributed by atoms with Crippen LogP contribution in [0.25, 0.3) is 11.1 Å². The van der Waals surface area contributed by atoms with Crippen molar-refractivity contribution in [1.29, 1.82) is 0 Å². The Morgan fingerprint density at radius 1 is 1.21 bits per heavy atom. The van der Waals surface area contributed by atoms with E-state index in [2.05, 4.69) is 35.0 Å². The molecule has 1 amide bonds. The number of amides is 1. The van der Waals surface area contributed by atoms with Gasteiger partial charge < -0.3 is 15.8 Å². The predicted octanol–water partition coefficient (Wildman–Crippen LogP) is 4.98. The van der Waals surface area contributed by atoms with Gasteiger partial charge in [0.1, 0.15) is 12.5 Å². The van der Waals surface area contributed by atoms with Crippen molar-refractivity contribution in [2.45, 2.75) is 71.9 Å². The fraction of sp³-hybridized carbons (Fsp3) is 0.560. The van der Waals surface area contributed by atoms with Gasteiger partial charge in [0.25, 0.3) is 5.91 Å². The summed E-state index contributed by atoms with van der Waals surface area (Å²) >= 11 is 0. The van der Waals surface area contributed by atoms with Gasteiger partial charge in [-0.2, -0.15) is 9.49 Å². The summed E-state index contributed by atoms with van der Waals surface area (Å²) in [4.78, 5) is 16.7. The number of pyridine rings is 1.